The average Bonchev–Trinajstić information content (AvgIpc) is 2.89. The van der Waals surface area contributed by atoms with Crippen molar-refractivity contribution in [3.8, 4) is 0 Å². The van der Waals surface area contributed by atoms with E-state index in [9.17, 15) is 5.11 Å². The normalized spacial score (nSPS) is 64.5. The summed E-state index contributed by atoms with van der Waals surface area (Å²) in [7, 11) is 0. The fraction of sp³-hybridized carbons (Fsp3) is 1.00. The van der Waals surface area contributed by atoms with Gasteiger partial charge in [-0.15, -0.1) is 0 Å². The third-order valence-corrected chi connectivity index (χ3v) is 4.88. The Morgan fingerprint density at radius 2 is 1.86 bits per heavy atom. The van der Waals surface area contributed by atoms with Crippen molar-refractivity contribution in [2.45, 2.75) is 37.8 Å². The molecule has 3 nitrogen and oxygen atoms in total. The summed E-state index contributed by atoms with van der Waals surface area (Å²) >= 11 is 0. The molecule has 2 heterocycles. The van der Waals surface area contributed by atoms with E-state index in [0.29, 0.717) is 24.5 Å². The zero-order valence-corrected chi connectivity index (χ0v) is 8.13. The zero-order valence-electron chi connectivity index (χ0n) is 8.13. The van der Waals surface area contributed by atoms with Crippen LogP contribution in [0.25, 0.3) is 0 Å². The van der Waals surface area contributed by atoms with Crippen molar-refractivity contribution in [2.75, 3.05) is 6.61 Å². The van der Waals surface area contributed by atoms with Crippen LogP contribution in [0.15, 0.2) is 0 Å². The van der Waals surface area contributed by atoms with Crippen LogP contribution in [-0.2, 0) is 9.47 Å². The third-order valence-electron chi connectivity index (χ3n) is 4.88. The SMILES string of the molecule is OC1C2OCC(O2)C2C3CCC(C3)C12. The van der Waals surface area contributed by atoms with Gasteiger partial charge in [-0.3, -0.25) is 0 Å². The van der Waals surface area contributed by atoms with Gasteiger partial charge in [0.1, 0.15) is 6.10 Å². The van der Waals surface area contributed by atoms with Crippen molar-refractivity contribution in [2.24, 2.45) is 23.7 Å². The molecule has 2 saturated carbocycles. The number of fused-ring (bicyclic) bond motifs is 8. The van der Waals surface area contributed by atoms with E-state index in [-0.39, 0.29) is 12.4 Å². The fourth-order valence-electron chi connectivity index (χ4n) is 4.44. The monoisotopic (exact) mass is 196 g/mol. The summed E-state index contributed by atoms with van der Waals surface area (Å²) in [5.74, 6) is 2.66. The summed E-state index contributed by atoms with van der Waals surface area (Å²) in [4.78, 5) is 0. The number of aliphatic hydroxyl groups is 1. The molecule has 4 fully saturated rings. The van der Waals surface area contributed by atoms with E-state index in [1.54, 1.807) is 0 Å². The standard InChI is InChI=1S/C11H16O3/c12-10-9-6-2-1-5(3-6)8(9)7-4-13-11(10)14-7/h5-12H,1-4H2. The minimum absolute atomic E-state index is 0.295. The van der Waals surface area contributed by atoms with Gasteiger partial charge < -0.3 is 14.6 Å². The first-order valence-electron chi connectivity index (χ1n) is 5.80. The smallest absolute Gasteiger partial charge is 0.184 e. The quantitative estimate of drug-likeness (QED) is 0.622. The first-order valence-corrected chi connectivity index (χ1v) is 5.80. The molecule has 1 N–H and O–H groups in total. The van der Waals surface area contributed by atoms with Gasteiger partial charge in [0.05, 0.1) is 12.7 Å². The molecule has 2 aliphatic heterocycles. The number of aliphatic hydroxyl groups excluding tert-OH is 1. The van der Waals surface area contributed by atoms with Gasteiger partial charge in [-0.2, -0.15) is 0 Å². The maximum atomic E-state index is 10.1. The molecule has 0 aromatic rings. The molecule has 4 bridgehead atoms. The van der Waals surface area contributed by atoms with E-state index in [4.69, 9.17) is 9.47 Å². The molecule has 14 heavy (non-hydrogen) atoms. The molecule has 0 aromatic heterocycles. The Kier molecular flexibility index (Phi) is 1.45. The van der Waals surface area contributed by atoms with Crippen LogP contribution in [0.4, 0.5) is 0 Å². The minimum Gasteiger partial charge on any atom is -0.388 e. The summed E-state index contributed by atoms with van der Waals surface area (Å²) in [6, 6.07) is 0. The van der Waals surface area contributed by atoms with Gasteiger partial charge in [-0.1, -0.05) is 0 Å². The topological polar surface area (TPSA) is 38.7 Å². The van der Waals surface area contributed by atoms with E-state index in [0.717, 1.165) is 11.8 Å². The molecule has 0 spiro atoms. The van der Waals surface area contributed by atoms with E-state index in [1.165, 1.54) is 19.3 Å². The molecule has 4 rings (SSSR count). The Balaban J connectivity index is 1.74. The highest BCUT2D eigenvalue weighted by molar-refractivity contribution is 5.06. The molecule has 4 aliphatic rings. The van der Waals surface area contributed by atoms with Crippen LogP contribution in [0.2, 0.25) is 0 Å². The van der Waals surface area contributed by atoms with Crippen LogP contribution in [0.5, 0.6) is 0 Å². The summed E-state index contributed by atoms with van der Waals surface area (Å²) < 4.78 is 11.2. The lowest BCUT2D eigenvalue weighted by atomic mass is 9.72. The molecule has 78 valence electrons. The lowest BCUT2D eigenvalue weighted by molar-refractivity contribution is -0.202. The van der Waals surface area contributed by atoms with Crippen molar-refractivity contribution < 1.29 is 14.6 Å². The fourth-order valence-corrected chi connectivity index (χ4v) is 4.44. The Bertz CT molecular complexity index is 257. The molecule has 2 aliphatic carbocycles. The Morgan fingerprint density at radius 1 is 1.07 bits per heavy atom. The van der Waals surface area contributed by atoms with Crippen LogP contribution in [0.3, 0.4) is 0 Å². The first-order chi connectivity index (χ1) is 6.84. The summed E-state index contributed by atoms with van der Waals surface area (Å²) in [5.41, 5.74) is 0. The van der Waals surface area contributed by atoms with Crippen molar-refractivity contribution in [1.29, 1.82) is 0 Å². The second kappa shape index (κ2) is 2.52. The minimum atomic E-state index is -0.353. The molecule has 0 amide bonds. The molecule has 0 aromatic carbocycles. The van der Waals surface area contributed by atoms with Gasteiger partial charge in [0.2, 0.25) is 0 Å². The maximum Gasteiger partial charge on any atom is 0.184 e. The second-order valence-corrected chi connectivity index (χ2v) is 5.35. The molecule has 7 atom stereocenters. The Labute approximate surface area is 83.4 Å². The lowest BCUT2D eigenvalue weighted by Crippen LogP contribution is -2.49. The van der Waals surface area contributed by atoms with Crippen LogP contribution >= 0.6 is 0 Å². The average molecular weight is 196 g/mol. The zero-order chi connectivity index (χ0) is 9.28. The van der Waals surface area contributed by atoms with Gasteiger partial charge in [0, 0.05) is 0 Å². The highest BCUT2D eigenvalue weighted by Gasteiger charge is 2.60. The van der Waals surface area contributed by atoms with Crippen molar-refractivity contribution in [1.82, 2.24) is 0 Å². The van der Waals surface area contributed by atoms with Crippen LogP contribution in [0.1, 0.15) is 19.3 Å². The molecular formula is C11H16O3. The number of hydrogen-bond acceptors (Lipinski definition) is 3. The Morgan fingerprint density at radius 3 is 2.71 bits per heavy atom. The van der Waals surface area contributed by atoms with E-state index in [1.807, 2.05) is 0 Å². The summed E-state index contributed by atoms with van der Waals surface area (Å²) in [6.07, 6.45) is 3.64. The van der Waals surface area contributed by atoms with Gasteiger partial charge in [-0.05, 0) is 42.9 Å². The van der Waals surface area contributed by atoms with E-state index < -0.39 is 0 Å². The van der Waals surface area contributed by atoms with Crippen molar-refractivity contribution in [3.63, 3.8) is 0 Å². The number of ether oxygens (including phenoxy) is 2. The lowest BCUT2D eigenvalue weighted by Gasteiger charge is -2.41. The Hall–Kier alpha value is -0.120. The van der Waals surface area contributed by atoms with Gasteiger partial charge in [-0.25, -0.2) is 0 Å². The maximum absolute atomic E-state index is 10.1. The summed E-state index contributed by atoms with van der Waals surface area (Å²) in [5, 5.41) is 10.1. The van der Waals surface area contributed by atoms with Crippen LogP contribution in [0, 0.1) is 23.7 Å². The highest BCUT2D eigenvalue weighted by atomic mass is 16.7. The van der Waals surface area contributed by atoms with E-state index >= 15 is 0 Å². The number of hydrogen-bond donors (Lipinski definition) is 1. The molecule has 2 saturated heterocycles. The highest BCUT2D eigenvalue weighted by Crippen LogP contribution is 2.58. The van der Waals surface area contributed by atoms with Crippen molar-refractivity contribution >= 4 is 0 Å². The van der Waals surface area contributed by atoms with Gasteiger partial charge in [0.25, 0.3) is 0 Å². The molecular weight excluding hydrogens is 180 g/mol. The second-order valence-electron chi connectivity index (χ2n) is 5.35. The van der Waals surface area contributed by atoms with Crippen molar-refractivity contribution in [3.05, 3.63) is 0 Å². The molecule has 7 unspecified atom stereocenters. The first kappa shape index (κ1) is 8.08. The summed E-state index contributed by atoms with van der Waals surface area (Å²) in [6.45, 7) is 0.714. The largest absolute Gasteiger partial charge is 0.388 e. The predicted octanol–water partition coefficient (Wildman–Crippen LogP) is 0.765. The predicted molar refractivity (Wildman–Crippen MR) is 48.4 cm³/mol. The van der Waals surface area contributed by atoms with E-state index in [2.05, 4.69) is 0 Å². The van der Waals surface area contributed by atoms with Gasteiger partial charge >= 0.3 is 0 Å². The number of rotatable bonds is 0. The third kappa shape index (κ3) is 0.802. The van der Waals surface area contributed by atoms with Crippen LogP contribution in [-0.4, -0.2) is 30.2 Å². The molecule has 3 heteroatoms. The molecule has 0 radical (unpaired) electrons. The van der Waals surface area contributed by atoms with Gasteiger partial charge in [0.15, 0.2) is 6.29 Å². The van der Waals surface area contributed by atoms with Crippen LogP contribution < -0.4 is 0 Å².